The highest BCUT2D eigenvalue weighted by Crippen LogP contribution is 2.15. The Labute approximate surface area is 153 Å². The highest BCUT2D eigenvalue weighted by atomic mass is 16.5. The second kappa shape index (κ2) is 8.38. The SMILES string of the molecule is COc1cccc(CNC(=O)NC2CC(=O)N(Cc3ccccc3)C2)c1. The second-order valence-corrected chi connectivity index (χ2v) is 6.34. The molecule has 0 saturated carbocycles. The van der Waals surface area contributed by atoms with Gasteiger partial charge in [0.25, 0.3) is 0 Å². The van der Waals surface area contributed by atoms with Crippen LogP contribution in [0.2, 0.25) is 0 Å². The lowest BCUT2D eigenvalue weighted by molar-refractivity contribution is -0.128. The third kappa shape index (κ3) is 4.75. The van der Waals surface area contributed by atoms with Crippen LogP contribution >= 0.6 is 0 Å². The molecule has 1 atom stereocenters. The van der Waals surface area contributed by atoms with Crippen LogP contribution in [0.15, 0.2) is 54.6 Å². The summed E-state index contributed by atoms with van der Waals surface area (Å²) in [6.45, 7) is 1.50. The number of carbonyl (C=O) groups excluding carboxylic acids is 2. The molecule has 0 radical (unpaired) electrons. The lowest BCUT2D eigenvalue weighted by Crippen LogP contribution is -2.43. The van der Waals surface area contributed by atoms with Crippen molar-refractivity contribution in [1.29, 1.82) is 0 Å². The van der Waals surface area contributed by atoms with Crippen molar-refractivity contribution >= 4 is 11.9 Å². The molecule has 26 heavy (non-hydrogen) atoms. The van der Waals surface area contributed by atoms with Crippen LogP contribution in [0.25, 0.3) is 0 Å². The van der Waals surface area contributed by atoms with E-state index < -0.39 is 0 Å². The van der Waals surface area contributed by atoms with E-state index in [9.17, 15) is 9.59 Å². The minimum atomic E-state index is -0.271. The van der Waals surface area contributed by atoms with Crippen LogP contribution in [0.5, 0.6) is 5.75 Å². The van der Waals surface area contributed by atoms with E-state index in [-0.39, 0.29) is 18.0 Å². The van der Waals surface area contributed by atoms with E-state index in [0.29, 0.717) is 26.1 Å². The van der Waals surface area contributed by atoms with Crippen LogP contribution in [0.4, 0.5) is 4.79 Å². The molecule has 6 heteroatoms. The summed E-state index contributed by atoms with van der Waals surface area (Å²) in [6, 6.07) is 16.9. The Kier molecular flexibility index (Phi) is 5.73. The van der Waals surface area contributed by atoms with Crippen molar-refractivity contribution in [2.24, 2.45) is 0 Å². The highest BCUT2D eigenvalue weighted by molar-refractivity contribution is 5.81. The van der Waals surface area contributed by atoms with E-state index in [2.05, 4.69) is 10.6 Å². The molecule has 0 aliphatic carbocycles. The van der Waals surface area contributed by atoms with Crippen LogP contribution in [-0.2, 0) is 17.9 Å². The van der Waals surface area contributed by atoms with Gasteiger partial charge in [0.05, 0.1) is 13.2 Å². The summed E-state index contributed by atoms with van der Waals surface area (Å²) < 4.78 is 5.17. The molecule has 0 bridgehead atoms. The quantitative estimate of drug-likeness (QED) is 0.837. The molecule has 3 amide bonds. The first-order valence-electron chi connectivity index (χ1n) is 8.63. The lowest BCUT2D eigenvalue weighted by Gasteiger charge is -2.17. The van der Waals surface area contributed by atoms with Crippen molar-refractivity contribution in [2.45, 2.75) is 25.6 Å². The fourth-order valence-corrected chi connectivity index (χ4v) is 3.03. The van der Waals surface area contributed by atoms with Gasteiger partial charge >= 0.3 is 6.03 Å². The van der Waals surface area contributed by atoms with Crippen molar-refractivity contribution in [3.8, 4) is 5.75 Å². The van der Waals surface area contributed by atoms with E-state index in [1.807, 2.05) is 54.6 Å². The Morgan fingerprint density at radius 1 is 1.15 bits per heavy atom. The summed E-state index contributed by atoms with van der Waals surface area (Å²) in [4.78, 5) is 26.1. The fourth-order valence-electron chi connectivity index (χ4n) is 3.03. The van der Waals surface area contributed by atoms with Gasteiger partial charge in [-0.3, -0.25) is 4.79 Å². The highest BCUT2D eigenvalue weighted by Gasteiger charge is 2.30. The number of urea groups is 1. The molecule has 1 aliphatic heterocycles. The van der Waals surface area contributed by atoms with Gasteiger partial charge in [-0.2, -0.15) is 0 Å². The topological polar surface area (TPSA) is 70.7 Å². The number of nitrogens with zero attached hydrogens (tertiary/aromatic N) is 1. The Hall–Kier alpha value is -3.02. The van der Waals surface area contributed by atoms with Crippen LogP contribution in [0, 0.1) is 0 Å². The minimum absolute atomic E-state index is 0.0620. The van der Waals surface area contributed by atoms with Gasteiger partial charge in [-0.15, -0.1) is 0 Å². The molecule has 136 valence electrons. The van der Waals surface area contributed by atoms with E-state index >= 15 is 0 Å². The first-order chi connectivity index (χ1) is 12.6. The number of methoxy groups -OCH3 is 1. The number of carbonyl (C=O) groups is 2. The number of ether oxygens (including phenoxy) is 1. The first kappa shape index (κ1) is 17.8. The molecule has 1 heterocycles. The predicted octanol–water partition coefficient (Wildman–Crippen LogP) is 2.30. The Morgan fingerprint density at radius 3 is 2.69 bits per heavy atom. The molecular formula is C20H23N3O3. The van der Waals surface area contributed by atoms with Crippen molar-refractivity contribution in [2.75, 3.05) is 13.7 Å². The average molecular weight is 353 g/mol. The summed E-state index contributed by atoms with van der Waals surface area (Å²) in [5, 5.41) is 5.70. The summed E-state index contributed by atoms with van der Waals surface area (Å²) in [5.74, 6) is 0.814. The molecule has 1 saturated heterocycles. The van der Waals surface area contributed by atoms with Gasteiger partial charge in [0.15, 0.2) is 0 Å². The van der Waals surface area contributed by atoms with Crippen molar-refractivity contribution < 1.29 is 14.3 Å². The van der Waals surface area contributed by atoms with Crippen LogP contribution in [0.3, 0.4) is 0 Å². The van der Waals surface area contributed by atoms with E-state index in [0.717, 1.165) is 16.9 Å². The maximum atomic E-state index is 12.2. The smallest absolute Gasteiger partial charge is 0.315 e. The zero-order valence-corrected chi connectivity index (χ0v) is 14.8. The van der Waals surface area contributed by atoms with Gasteiger partial charge in [0.2, 0.25) is 5.91 Å². The monoisotopic (exact) mass is 353 g/mol. The molecule has 2 aromatic rings. The third-order valence-corrected chi connectivity index (χ3v) is 4.35. The Bertz CT molecular complexity index is 764. The van der Waals surface area contributed by atoms with Gasteiger partial charge in [-0.25, -0.2) is 4.79 Å². The van der Waals surface area contributed by atoms with Crippen LogP contribution in [0.1, 0.15) is 17.5 Å². The second-order valence-electron chi connectivity index (χ2n) is 6.34. The number of benzene rings is 2. The maximum absolute atomic E-state index is 12.2. The zero-order chi connectivity index (χ0) is 18.4. The van der Waals surface area contributed by atoms with E-state index in [4.69, 9.17) is 4.74 Å². The van der Waals surface area contributed by atoms with Crippen molar-refractivity contribution in [3.63, 3.8) is 0 Å². The van der Waals surface area contributed by atoms with Gasteiger partial charge in [-0.1, -0.05) is 42.5 Å². The van der Waals surface area contributed by atoms with Crippen molar-refractivity contribution in [1.82, 2.24) is 15.5 Å². The van der Waals surface area contributed by atoms with E-state index in [1.165, 1.54) is 0 Å². The summed E-state index contributed by atoms with van der Waals surface area (Å²) >= 11 is 0. The molecule has 3 rings (SSSR count). The number of rotatable bonds is 6. The van der Waals surface area contributed by atoms with Crippen LogP contribution in [-0.4, -0.2) is 36.5 Å². The molecular weight excluding hydrogens is 330 g/mol. The van der Waals surface area contributed by atoms with Crippen molar-refractivity contribution in [3.05, 3.63) is 65.7 Å². The predicted molar refractivity (Wildman–Crippen MR) is 98.6 cm³/mol. The molecule has 2 N–H and O–H groups in total. The standard InChI is InChI=1S/C20H23N3O3/c1-26-18-9-5-8-16(10-18)12-21-20(25)22-17-11-19(24)23(14-17)13-15-6-3-2-4-7-15/h2-10,17H,11-14H2,1H3,(H2,21,22,25). The van der Waals surface area contributed by atoms with Gasteiger partial charge < -0.3 is 20.3 Å². The fraction of sp³-hybridized carbons (Fsp3) is 0.300. The molecule has 2 aromatic carbocycles. The van der Waals surface area contributed by atoms with Gasteiger partial charge in [0, 0.05) is 26.1 Å². The molecule has 1 unspecified atom stereocenters. The number of nitrogens with one attached hydrogen (secondary N) is 2. The molecule has 1 fully saturated rings. The lowest BCUT2D eigenvalue weighted by atomic mass is 10.2. The van der Waals surface area contributed by atoms with Gasteiger partial charge in [-0.05, 0) is 23.3 Å². The zero-order valence-electron chi connectivity index (χ0n) is 14.8. The number of likely N-dealkylation sites (tertiary alicyclic amines) is 1. The largest absolute Gasteiger partial charge is 0.497 e. The first-order valence-corrected chi connectivity index (χ1v) is 8.63. The normalized spacial score (nSPS) is 16.4. The van der Waals surface area contributed by atoms with Gasteiger partial charge in [0.1, 0.15) is 5.75 Å². The Balaban J connectivity index is 1.46. The minimum Gasteiger partial charge on any atom is -0.497 e. The number of hydrogen-bond acceptors (Lipinski definition) is 3. The molecule has 0 spiro atoms. The molecule has 1 aliphatic rings. The third-order valence-electron chi connectivity index (χ3n) is 4.35. The number of hydrogen-bond donors (Lipinski definition) is 2. The number of amides is 3. The molecule has 0 aromatic heterocycles. The van der Waals surface area contributed by atoms with Crippen LogP contribution < -0.4 is 15.4 Å². The average Bonchev–Trinajstić information content (AvgIpc) is 3.00. The summed E-state index contributed by atoms with van der Waals surface area (Å²) in [5.41, 5.74) is 2.04. The Morgan fingerprint density at radius 2 is 1.92 bits per heavy atom. The summed E-state index contributed by atoms with van der Waals surface area (Å²) in [6.07, 6.45) is 0.333. The van der Waals surface area contributed by atoms with E-state index in [1.54, 1.807) is 12.0 Å². The molecule has 6 nitrogen and oxygen atoms in total. The summed E-state index contributed by atoms with van der Waals surface area (Å²) in [7, 11) is 1.61. The maximum Gasteiger partial charge on any atom is 0.315 e.